The van der Waals surface area contributed by atoms with Crippen LogP contribution in [-0.4, -0.2) is 26.7 Å². The fourth-order valence-corrected chi connectivity index (χ4v) is 1.58. The predicted octanol–water partition coefficient (Wildman–Crippen LogP) is -0.0346. The SMILES string of the molecule is CC(F)(F)C1=C[C@@H](O)[C@H](n2ccc(=O)[nH]c2=O)O1. The molecule has 1 aliphatic rings. The molecule has 2 N–H and O–H groups in total. The average Bonchev–Trinajstić information content (AvgIpc) is 2.60. The van der Waals surface area contributed by atoms with E-state index in [1.807, 2.05) is 4.98 Å². The van der Waals surface area contributed by atoms with Gasteiger partial charge in [-0.3, -0.25) is 14.3 Å². The molecule has 6 nitrogen and oxygen atoms in total. The molecular formula is C10H10F2N2O4. The van der Waals surface area contributed by atoms with Gasteiger partial charge in [0.25, 0.3) is 5.56 Å². The lowest BCUT2D eigenvalue weighted by atomic mass is 10.2. The fraction of sp³-hybridized carbons (Fsp3) is 0.400. The summed E-state index contributed by atoms with van der Waals surface area (Å²) < 4.78 is 31.7. The molecule has 18 heavy (non-hydrogen) atoms. The summed E-state index contributed by atoms with van der Waals surface area (Å²) in [7, 11) is 0. The van der Waals surface area contributed by atoms with Gasteiger partial charge in [0.1, 0.15) is 6.10 Å². The number of allylic oxidation sites excluding steroid dienone is 1. The molecule has 1 aromatic rings. The van der Waals surface area contributed by atoms with Crippen LogP contribution in [0.15, 0.2) is 33.7 Å². The van der Waals surface area contributed by atoms with Crippen LogP contribution in [0.2, 0.25) is 0 Å². The lowest BCUT2D eigenvalue weighted by Gasteiger charge is -2.19. The van der Waals surface area contributed by atoms with E-state index in [-0.39, 0.29) is 0 Å². The average molecular weight is 260 g/mol. The minimum atomic E-state index is -3.25. The Balaban J connectivity index is 2.33. The summed E-state index contributed by atoms with van der Waals surface area (Å²) in [5.74, 6) is -3.96. The highest BCUT2D eigenvalue weighted by atomic mass is 19.3. The molecule has 0 saturated heterocycles. The molecule has 0 bridgehead atoms. The second kappa shape index (κ2) is 4.05. The van der Waals surface area contributed by atoms with Crippen molar-refractivity contribution in [2.24, 2.45) is 0 Å². The molecule has 0 fully saturated rings. The summed E-state index contributed by atoms with van der Waals surface area (Å²) in [6.45, 7) is 0.615. The first-order chi connectivity index (χ1) is 8.29. The number of hydrogen-bond acceptors (Lipinski definition) is 4. The van der Waals surface area contributed by atoms with E-state index in [1.165, 1.54) is 0 Å². The first kappa shape index (κ1) is 12.5. The molecule has 0 aliphatic carbocycles. The number of aromatic amines is 1. The van der Waals surface area contributed by atoms with Crippen LogP contribution in [0.25, 0.3) is 0 Å². The van der Waals surface area contributed by atoms with Crippen LogP contribution in [0.3, 0.4) is 0 Å². The Kier molecular flexibility index (Phi) is 2.81. The Hall–Kier alpha value is -1.96. The van der Waals surface area contributed by atoms with Crippen molar-refractivity contribution in [2.75, 3.05) is 0 Å². The Morgan fingerprint density at radius 1 is 1.50 bits per heavy atom. The van der Waals surface area contributed by atoms with Crippen molar-refractivity contribution in [3.05, 3.63) is 44.9 Å². The van der Waals surface area contributed by atoms with E-state index in [4.69, 9.17) is 4.74 Å². The van der Waals surface area contributed by atoms with Crippen molar-refractivity contribution in [2.45, 2.75) is 25.2 Å². The molecule has 1 aliphatic heterocycles. The summed E-state index contributed by atoms with van der Waals surface area (Å²) in [6, 6.07) is 1.03. The van der Waals surface area contributed by atoms with E-state index < -0.39 is 35.3 Å². The van der Waals surface area contributed by atoms with Crippen molar-refractivity contribution in [3.8, 4) is 0 Å². The second-order valence-electron chi connectivity index (χ2n) is 3.94. The fourth-order valence-electron chi connectivity index (χ4n) is 1.58. The van der Waals surface area contributed by atoms with E-state index in [1.54, 1.807) is 0 Å². The van der Waals surface area contributed by atoms with Gasteiger partial charge in [0.2, 0.25) is 6.23 Å². The van der Waals surface area contributed by atoms with Gasteiger partial charge >= 0.3 is 11.6 Å². The van der Waals surface area contributed by atoms with Crippen molar-refractivity contribution in [1.82, 2.24) is 9.55 Å². The lowest BCUT2D eigenvalue weighted by Crippen LogP contribution is -2.35. The number of aromatic nitrogens is 2. The number of nitrogens with zero attached hydrogens (tertiary/aromatic N) is 1. The quantitative estimate of drug-likeness (QED) is 0.781. The van der Waals surface area contributed by atoms with Crippen LogP contribution in [0.1, 0.15) is 13.2 Å². The van der Waals surface area contributed by atoms with Crippen LogP contribution in [-0.2, 0) is 4.74 Å². The van der Waals surface area contributed by atoms with Crippen LogP contribution in [0.4, 0.5) is 8.78 Å². The number of nitrogens with one attached hydrogen (secondary N) is 1. The van der Waals surface area contributed by atoms with Gasteiger partial charge in [-0.05, 0) is 6.08 Å². The normalized spacial score (nSPS) is 23.7. The summed E-state index contributed by atoms with van der Waals surface area (Å²) in [5, 5.41) is 9.58. The number of ether oxygens (including phenoxy) is 1. The standard InChI is InChI=1S/C10H10F2N2O4/c1-10(11,12)6-4-5(15)8(18-6)14-3-2-7(16)13-9(14)17/h2-5,8,15H,1H3,(H,13,16,17)/t5-,8-/m1/s1. The van der Waals surface area contributed by atoms with Gasteiger partial charge in [-0.2, -0.15) is 8.78 Å². The first-order valence-corrected chi connectivity index (χ1v) is 5.05. The second-order valence-corrected chi connectivity index (χ2v) is 3.94. The number of rotatable bonds is 2. The summed E-state index contributed by atoms with van der Waals surface area (Å²) in [4.78, 5) is 24.2. The van der Waals surface area contributed by atoms with Gasteiger partial charge in [0.05, 0.1) is 0 Å². The van der Waals surface area contributed by atoms with Gasteiger partial charge in [0.15, 0.2) is 5.76 Å². The van der Waals surface area contributed by atoms with Crippen LogP contribution >= 0.6 is 0 Å². The molecule has 2 atom stereocenters. The first-order valence-electron chi connectivity index (χ1n) is 5.05. The van der Waals surface area contributed by atoms with Crippen molar-refractivity contribution in [3.63, 3.8) is 0 Å². The maximum Gasteiger partial charge on any atom is 0.331 e. The number of aliphatic hydroxyl groups excluding tert-OH is 1. The third kappa shape index (κ3) is 2.19. The maximum absolute atomic E-state index is 13.0. The minimum absolute atomic E-state index is 0.615. The maximum atomic E-state index is 13.0. The van der Waals surface area contributed by atoms with E-state index in [0.717, 1.165) is 22.9 Å². The molecule has 0 amide bonds. The lowest BCUT2D eigenvalue weighted by molar-refractivity contribution is -0.0596. The number of halogens is 2. The van der Waals surface area contributed by atoms with Gasteiger partial charge < -0.3 is 9.84 Å². The molecule has 2 heterocycles. The van der Waals surface area contributed by atoms with Crippen LogP contribution in [0, 0.1) is 0 Å². The van der Waals surface area contributed by atoms with Crippen molar-refractivity contribution < 1.29 is 18.6 Å². The molecular weight excluding hydrogens is 250 g/mol. The number of H-pyrrole nitrogens is 1. The van der Waals surface area contributed by atoms with Crippen LogP contribution < -0.4 is 11.2 Å². The molecule has 1 aromatic heterocycles. The third-order valence-electron chi connectivity index (χ3n) is 2.42. The monoisotopic (exact) mass is 260 g/mol. The molecule has 0 spiro atoms. The minimum Gasteiger partial charge on any atom is -0.465 e. The zero-order valence-corrected chi connectivity index (χ0v) is 9.26. The highest BCUT2D eigenvalue weighted by Crippen LogP contribution is 2.34. The number of aliphatic hydroxyl groups is 1. The largest absolute Gasteiger partial charge is 0.465 e. The smallest absolute Gasteiger partial charge is 0.331 e. The molecule has 98 valence electrons. The zero-order valence-electron chi connectivity index (χ0n) is 9.26. The van der Waals surface area contributed by atoms with Gasteiger partial charge in [0, 0.05) is 19.2 Å². The molecule has 0 radical (unpaired) electrons. The highest BCUT2D eigenvalue weighted by molar-refractivity contribution is 5.13. The Morgan fingerprint density at radius 3 is 2.67 bits per heavy atom. The van der Waals surface area contributed by atoms with E-state index in [9.17, 15) is 23.5 Å². The molecule has 0 saturated carbocycles. The van der Waals surface area contributed by atoms with E-state index in [0.29, 0.717) is 6.92 Å². The number of hydrogen-bond donors (Lipinski definition) is 2. The topological polar surface area (TPSA) is 84.3 Å². The van der Waals surface area contributed by atoms with Gasteiger partial charge in [-0.25, -0.2) is 4.79 Å². The molecule has 8 heteroatoms. The Labute approximate surface area is 99.1 Å². The van der Waals surface area contributed by atoms with Crippen molar-refractivity contribution in [1.29, 1.82) is 0 Å². The predicted molar refractivity (Wildman–Crippen MR) is 56.2 cm³/mol. The van der Waals surface area contributed by atoms with Gasteiger partial charge in [-0.15, -0.1) is 0 Å². The van der Waals surface area contributed by atoms with E-state index in [2.05, 4.69) is 0 Å². The molecule has 2 rings (SSSR count). The van der Waals surface area contributed by atoms with Gasteiger partial charge in [-0.1, -0.05) is 0 Å². The highest BCUT2D eigenvalue weighted by Gasteiger charge is 2.40. The van der Waals surface area contributed by atoms with E-state index >= 15 is 0 Å². The Morgan fingerprint density at radius 2 is 2.17 bits per heavy atom. The molecule has 0 aromatic carbocycles. The summed E-state index contributed by atoms with van der Waals surface area (Å²) in [5.41, 5.74) is -1.47. The molecule has 0 unspecified atom stereocenters. The van der Waals surface area contributed by atoms with Crippen molar-refractivity contribution >= 4 is 0 Å². The summed E-state index contributed by atoms with van der Waals surface area (Å²) in [6.07, 6.45) is -0.799. The zero-order chi connectivity index (χ0) is 13.5. The Bertz CT molecular complexity index is 599. The number of alkyl halides is 2. The van der Waals surface area contributed by atoms with Crippen LogP contribution in [0.5, 0.6) is 0 Å². The third-order valence-corrected chi connectivity index (χ3v) is 2.42. The summed E-state index contributed by atoms with van der Waals surface area (Å²) >= 11 is 0.